The van der Waals surface area contributed by atoms with E-state index in [9.17, 15) is 93.3 Å². The van der Waals surface area contributed by atoms with E-state index in [1.807, 2.05) is 0 Å². The number of nitrogens with one attached hydrogen (secondary N) is 12. The van der Waals surface area contributed by atoms with Crippen LogP contribution in [0.1, 0.15) is 37.0 Å². The second-order valence-electron chi connectivity index (χ2n) is 20.5. The second-order valence-corrected chi connectivity index (χ2v) is 21.2. The third-order valence-electron chi connectivity index (χ3n) is 13.9. The molecule has 3 aromatic rings. The van der Waals surface area contributed by atoms with Crippen LogP contribution in [0.25, 0.3) is 0 Å². The van der Waals surface area contributed by atoms with Gasteiger partial charge in [0.25, 0.3) is 0 Å². The lowest BCUT2D eigenvalue weighted by atomic mass is 9.96. The average molecular weight is 1290 g/mol. The molecule has 0 aliphatic carbocycles. The molecule has 33 heteroatoms. The highest BCUT2D eigenvalue weighted by atomic mass is 32.1. The summed E-state index contributed by atoms with van der Waals surface area (Å²) in [7, 11) is 0. The number of phenolic OH excluding ortho intramolecular Hbond substituents is 2. The minimum Gasteiger partial charge on any atom is -0.508 e. The van der Waals surface area contributed by atoms with Crippen LogP contribution in [0, 0.1) is 5.92 Å². The van der Waals surface area contributed by atoms with E-state index < -0.39 is 194 Å². The van der Waals surface area contributed by atoms with Crippen molar-refractivity contribution in [2.75, 3.05) is 51.1 Å². The third-order valence-corrected chi connectivity index (χ3v) is 14.6. The van der Waals surface area contributed by atoms with Crippen LogP contribution in [-0.4, -0.2) is 224 Å². The standard InChI is InChI=1S/C56H76N12O19S2/c1-3-28(2)45-56(87)65-41(25-73)50(81)59-35(18-30-9-13-32(74)14-10-30)48(79)66-43(27-89)55(86)64-39(23-71)52(83)63-38(22-70)51(82)61-37(21-69)46(77)57-20-44(76)58-34(17-29-7-5-4-6-8-29)47(78)62-40(24-72)53(84)67-42(26-88)54(85)60-36(49(80)68-45)19-31-11-15-33(75)16-12-31/h4-16,28,34-43,45,69-75,88-89H,3,17-27H2,1-2H3,(H,57,77)(H,58,76)(H,59,81)(H,60,85)(H,61,82)(H,62,78)(H,63,83)(H,64,86)(H,65,87)(H,66,79)(H,67,84)(H,68,80)/t28-,34-,35-,36-,37-,38-,39-,40-,41-,42-,43-,45-/m0/s1. The van der Waals surface area contributed by atoms with Crippen molar-refractivity contribution in [3.8, 4) is 11.5 Å². The topological polar surface area (TPSA) is 491 Å². The number of aromatic hydroxyl groups is 2. The summed E-state index contributed by atoms with van der Waals surface area (Å²) < 4.78 is 0. The molecule has 1 saturated heterocycles. The Labute approximate surface area is 521 Å². The van der Waals surface area contributed by atoms with Gasteiger partial charge in [-0.3, -0.25) is 57.5 Å². The molecule has 0 unspecified atom stereocenters. The highest BCUT2D eigenvalue weighted by molar-refractivity contribution is 7.80. The second kappa shape index (κ2) is 36.6. The fraction of sp³-hybridized carbons (Fsp3) is 0.464. The first-order chi connectivity index (χ1) is 42.4. The van der Waals surface area contributed by atoms with E-state index in [0.717, 1.165) is 0 Å². The van der Waals surface area contributed by atoms with Crippen LogP contribution >= 0.6 is 25.3 Å². The molecule has 0 spiro atoms. The fourth-order valence-corrected chi connectivity index (χ4v) is 9.02. The van der Waals surface area contributed by atoms with E-state index in [1.54, 1.807) is 44.2 Å². The Morgan fingerprint density at radius 2 is 0.652 bits per heavy atom. The van der Waals surface area contributed by atoms with E-state index >= 15 is 0 Å². The number of phenols is 2. The molecule has 4 rings (SSSR count). The molecule has 0 radical (unpaired) electrons. The third kappa shape index (κ3) is 22.8. The van der Waals surface area contributed by atoms with Crippen LogP contribution in [0.15, 0.2) is 78.9 Å². The predicted octanol–water partition coefficient (Wildman–Crippen LogP) is -7.54. The summed E-state index contributed by atoms with van der Waals surface area (Å²) in [6.07, 6.45) is -0.704. The number of hydrogen-bond donors (Lipinski definition) is 21. The van der Waals surface area contributed by atoms with Crippen molar-refractivity contribution < 1.29 is 93.3 Å². The highest BCUT2D eigenvalue weighted by Crippen LogP contribution is 2.16. The lowest BCUT2D eigenvalue weighted by molar-refractivity contribution is -0.137. The summed E-state index contributed by atoms with van der Waals surface area (Å²) in [6, 6.07) is -0.0583. The Morgan fingerprint density at radius 3 is 1.00 bits per heavy atom. The van der Waals surface area contributed by atoms with Crippen molar-refractivity contribution >= 4 is 96.1 Å². The summed E-state index contributed by atoms with van der Waals surface area (Å²) in [5, 5.41) is 99.1. The van der Waals surface area contributed by atoms with Crippen molar-refractivity contribution in [3.05, 3.63) is 95.6 Å². The van der Waals surface area contributed by atoms with Gasteiger partial charge in [-0.1, -0.05) is 74.9 Å². The molecule has 0 aromatic heterocycles. The molecule has 0 saturated carbocycles. The van der Waals surface area contributed by atoms with Gasteiger partial charge < -0.3 is 99.5 Å². The van der Waals surface area contributed by atoms with Gasteiger partial charge >= 0.3 is 0 Å². The smallest absolute Gasteiger partial charge is 0.245 e. The summed E-state index contributed by atoms with van der Waals surface area (Å²) in [5.74, 6) is -15.5. The predicted molar refractivity (Wildman–Crippen MR) is 321 cm³/mol. The number of thiol groups is 2. The van der Waals surface area contributed by atoms with Gasteiger partial charge in [-0.25, -0.2) is 0 Å². The van der Waals surface area contributed by atoms with Crippen LogP contribution in [0.4, 0.5) is 0 Å². The zero-order valence-corrected chi connectivity index (χ0v) is 50.1. The molecule has 19 N–H and O–H groups in total. The molecule has 1 heterocycles. The Kier molecular flexibility index (Phi) is 30.0. The molecule has 486 valence electrons. The van der Waals surface area contributed by atoms with Crippen LogP contribution in [0.3, 0.4) is 0 Å². The first-order valence-electron chi connectivity index (χ1n) is 27.9. The SMILES string of the molecule is CC[C@H](C)[C@@H]1NC(=O)[C@H](Cc2ccc(O)cc2)NC(=O)[C@H](CS)NC(=O)[C@H](CO)NC(=O)[C@H](Cc2ccccc2)NC(=O)CNC(=O)[C@H](CO)NC(=O)[C@H](CO)NC(=O)[C@H](CO)NC(=O)[C@H](CS)NC(=O)[C@H](Cc2ccc(O)cc2)NC(=O)[C@H](CO)NC1=O. The lowest BCUT2D eigenvalue weighted by Gasteiger charge is -2.29. The number of rotatable bonds is 15. The molecule has 3 aromatic carbocycles. The molecular formula is C56H76N12O19S2. The van der Waals surface area contributed by atoms with Gasteiger partial charge in [-0.05, 0) is 46.9 Å². The Hall–Kier alpha value is -8.60. The molecule has 1 aliphatic heterocycles. The van der Waals surface area contributed by atoms with Gasteiger partial charge in [0, 0.05) is 30.8 Å². The molecule has 1 fully saturated rings. The van der Waals surface area contributed by atoms with Gasteiger partial charge in [0.2, 0.25) is 70.9 Å². The van der Waals surface area contributed by atoms with Crippen molar-refractivity contribution in [1.82, 2.24) is 63.8 Å². The van der Waals surface area contributed by atoms with Gasteiger partial charge in [0.05, 0.1) is 39.6 Å². The number of benzene rings is 3. The summed E-state index contributed by atoms with van der Waals surface area (Å²) in [6.45, 7) is -3.30. The number of aliphatic hydroxyl groups excluding tert-OH is 5. The molecule has 1 aliphatic rings. The van der Waals surface area contributed by atoms with Crippen molar-refractivity contribution in [2.45, 2.75) is 106 Å². The van der Waals surface area contributed by atoms with Crippen LogP contribution < -0.4 is 63.8 Å². The number of carbonyl (C=O) groups excluding carboxylic acids is 12. The maximum absolute atomic E-state index is 14.4. The number of aliphatic hydroxyl groups is 5. The van der Waals surface area contributed by atoms with Crippen LogP contribution in [0.5, 0.6) is 11.5 Å². The minimum absolute atomic E-state index is 0.147. The summed E-state index contributed by atoms with van der Waals surface area (Å²) in [4.78, 5) is 166. The van der Waals surface area contributed by atoms with E-state index in [4.69, 9.17) is 0 Å². The Morgan fingerprint density at radius 1 is 0.371 bits per heavy atom. The number of amides is 12. The zero-order valence-electron chi connectivity index (χ0n) is 48.3. The Bertz CT molecular complexity index is 2940. The molecule has 0 bridgehead atoms. The lowest BCUT2D eigenvalue weighted by Crippen LogP contribution is -2.63. The van der Waals surface area contributed by atoms with E-state index in [-0.39, 0.29) is 37.2 Å². The van der Waals surface area contributed by atoms with Crippen molar-refractivity contribution in [1.29, 1.82) is 0 Å². The average Bonchev–Trinajstić information content (AvgIpc) is 3.24. The first kappa shape index (κ1) is 72.9. The van der Waals surface area contributed by atoms with Crippen molar-refractivity contribution in [2.24, 2.45) is 5.92 Å². The molecular weight excluding hydrogens is 1210 g/mol. The molecule has 31 nitrogen and oxygen atoms in total. The quantitative estimate of drug-likeness (QED) is 0.0629. The fourth-order valence-electron chi connectivity index (χ4n) is 8.50. The number of hydrogen-bond acceptors (Lipinski definition) is 21. The maximum atomic E-state index is 14.4. The van der Waals surface area contributed by atoms with Gasteiger partial charge in [0.15, 0.2) is 0 Å². The summed E-state index contributed by atoms with van der Waals surface area (Å²) >= 11 is 8.37. The maximum Gasteiger partial charge on any atom is 0.245 e. The monoisotopic (exact) mass is 1280 g/mol. The van der Waals surface area contributed by atoms with E-state index in [0.29, 0.717) is 16.7 Å². The van der Waals surface area contributed by atoms with Crippen LogP contribution in [0.2, 0.25) is 0 Å². The van der Waals surface area contributed by atoms with E-state index in [2.05, 4.69) is 89.1 Å². The van der Waals surface area contributed by atoms with Crippen molar-refractivity contribution in [3.63, 3.8) is 0 Å². The number of carbonyl (C=O) groups is 12. The van der Waals surface area contributed by atoms with Crippen LogP contribution in [-0.2, 0) is 76.8 Å². The van der Waals surface area contributed by atoms with Gasteiger partial charge in [0.1, 0.15) is 78.0 Å². The molecule has 12 atom stereocenters. The minimum atomic E-state index is -1.93. The summed E-state index contributed by atoms with van der Waals surface area (Å²) in [5.41, 5.74) is 1.17. The normalized spacial score (nSPS) is 25.5. The molecule has 89 heavy (non-hydrogen) atoms. The molecule has 12 amide bonds. The van der Waals surface area contributed by atoms with Gasteiger partial charge in [-0.2, -0.15) is 25.3 Å². The van der Waals surface area contributed by atoms with E-state index in [1.165, 1.54) is 48.5 Å². The largest absolute Gasteiger partial charge is 0.508 e. The zero-order chi connectivity index (χ0) is 65.9. The highest BCUT2D eigenvalue weighted by Gasteiger charge is 2.37. The Balaban J connectivity index is 1.76. The first-order valence-corrected chi connectivity index (χ1v) is 29.2. The van der Waals surface area contributed by atoms with Gasteiger partial charge in [-0.15, -0.1) is 0 Å².